The molecule has 3 N–H and O–H groups in total. The van der Waals surface area contributed by atoms with Crippen molar-refractivity contribution in [1.82, 2.24) is 19.5 Å². The lowest BCUT2D eigenvalue weighted by atomic mass is 9.93. The predicted molar refractivity (Wildman–Crippen MR) is 156 cm³/mol. The van der Waals surface area contributed by atoms with Gasteiger partial charge in [-0.15, -0.1) is 0 Å². The second-order valence-corrected chi connectivity index (χ2v) is 13.4. The second-order valence-electron chi connectivity index (χ2n) is 11.4. The zero-order valence-corrected chi connectivity index (χ0v) is 23.3. The van der Waals surface area contributed by atoms with Crippen LogP contribution in [0.5, 0.6) is 0 Å². The van der Waals surface area contributed by atoms with E-state index in [0.29, 0.717) is 33.8 Å². The molecule has 2 aromatic carbocycles. The molecule has 2 saturated carbocycles. The van der Waals surface area contributed by atoms with Gasteiger partial charge in [-0.1, -0.05) is 0 Å². The van der Waals surface area contributed by atoms with Crippen molar-refractivity contribution in [3.05, 3.63) is 60.4 Å². The highest BCUT2D eigenvalue weighted by atomic mass is 32.2. The third kappa shape index (κ3) is 4.72. The van der Waals surface area contributed by atoms with Crippen LogP contribution < -0.4 is 14.9 Å². The van der Waals surface area contributed by atoms with Crippen molar-refractivity contribution >= 4 is 44.0 Å². The number of fused-ring (bicyclic) bond motifs is 1. The Kier molecular flexibility index (Phi) is 5.88. The Hall–Kier alpha value is -3.86. The molecule has 1 spiro atoms. The van der Waals surface area contributed by atoms with Crippen LogP contribution in [0.3, 0.4) is 0 Å². The Bertz CT molecular complexity index is 1690. The molecular formula is C29H33N7O3S. The van der Waals surface area contributed by atoms with E-state index in [1.54, 1.807) is 37.6 Å². The van der Waals surface area contributed by atoms with Crippen LogP contribution in [0.4, 0.5) is 17.1 Å². The molecule has 1 saturated heterocycles. The Morgan fingerprint density at radius 2 is 1.90 bits per heavy atom. The summed E-state index contributed by atoms with van der Waals surface area (Å²) in [7, 11) is -3.44. The number of H-pyrrole nitrogens is 1. The quantitative estimate of drug-likeness (QED) is 0.278. The van der Waals surface area contributed by atoms with Crippen molar-refractivity contribution in [3.8, 4) is 5.69 Å². The van der Waals surface area contributed by atoms with Gasteiger partial charge >= 0.3 is 0 Å². The maximum Gasteiger partial charge on any atom is 0.257 e. The number of amides is 1. The molecule has 10 nitrogen and oxygen atoms in total. The number of benzene rings is 2. The Morgan fingerprint density at radius 1 is 1.10 bits per heavy atom. The van der Waals surface area contributed by atoms with Crippen LogP contribution in [0.25, 0.3) is 16.7 Å². The molecule has 40 heavy (non-hydrogen) atoms. The van der Waals surface area contributed by atoms with E-state index in [2.05, 4.69) is 24.9 Å². The predicted octanol–water partition coefficient (Wildman–Crippen LogP) is 5.02. The highest BCUT2D eigenvalue weighted by Crippen LogP contribution is 2.54. The molecule has 7 rings (SSSR count). The standard InChI is InChI=1S/C29H33N7O3S/c1-2-40(38,39)34-20-5-6-21(24(17-20)35-14-11-29(9-10-29)12-15-35)28(37)31-22-7-8-23(36-16-13-30-18-36)26-25(22)32-27(33-26)19-3-4-19/h5-8,13,16-19,34H,2-4,9-12,14-15H2,1H3,(H,31,37)(H,32,33). The minimum atomic E-state index is -3.44. The molecule has 2 aromatic heterocycles. The van der Waals surface area contributed by atoms with Gasteiger partial charge in [0.05, 0.1) is 45.9 Å². The number of nitrogens with one attached hydrogen (secondary N) is 3. The fourth-order valence-electron chi connectivity index (χ4n) is 5.75. The topological polar surface area (TPSA) is 125 Å². The van der Waals surface area contributed by atoms with Crippen LogP contribution in [-0.2, 0) is 10.0 Å². The third-order valence-electron chi connectivity index (χ3n) is 8.65. The van der Waals surface area contributed by atoms with Crippen LogP contribution in [0.15, 0.2) is 49.1 Å². The molecule has 1 aliphatic heterocycles. The van der Waals surface area contributed by atoms with Gasteiger partial charge in [-0.25, -0.2) is 18.4 Å². The van der Waals surface area contributed by atoms with Gasteiger partial charge < -0.3 is 19.8 Å². The van der Waals surface area contributed by atoms with Crippen LogP contribution >= 0.6 is 0 Å². The van der Waals surface area contributed by atoms with Gasteiger partial charge in [0, 0.05) is 31.4 Å². The highest BCUT2D eigenvalue weighted by molar-refractivity contribution is 7.92. The lowest BCUT2D eigenvalue weighted by molar-refractivity contribution is 0.102. The number of carbonyl (C=O) groups excluding carboxylic acids is 1. The summed E-state index contributed by atoms with van der Waals surface area (Å²) >= 11 is 0. The first-order valence-corrected chi connectivity index (χ1v) is 15.7. The van der Waals surface area contributed by atoms with Crippen LogP contribution in [0.1, 0.15) is 67.5 Å². The molecular weight excluding hydrogens is 526 g/mol. The van der Waals surface area contributed by atoms with Crippen molar-refractivity contribution in [1.29, 1.82) is 0 Å². The normalized spacial score (nSPS) is 18.3. The van der Waals surface area contributed by atoms with E-state index in [9.17, 15) is 13.2 Å². The summed E-state index contributed by atoms with van der Waals surface area (Å²) in [4.78, 5) is 28.7. The largest absolute Gasteiger partial charge is 0.371 e. The Balaban J connectivity index is 1.23. The van der Waals surface area contributed by atoms with Gasteiger partial charge in [-0.05, 0) is 81.2 Å². The van der Waals surface area contributed by atoms with Crippen LogP contribution in [0, 0.1) is 5.41 Å². The molecule has 0 radical (unpaired) electrons. The average Bonchev–Trinajstić information content (AvgIpc) is 3.83. The van der Waals surface area contributed by atoms with Crippen LogP contribution in [-0.4, -0.2) is 52.7 Å². The number of aromatic amines is 1. The number of imidazole rings is 2. The number of aromatic nitrogens is 4. The zero-order valence-electron chi connectivity index (χ0n) is 22.5. The van der Waals surface area contributed by atoms with Crippen LogP contribution in [0.2, 0.25) is 0 Å². The SMILES string of the molecule is CCS(=O)(=O)Nc1ccc(C(=O)Nc2ccc(-n3ccnc3)c3[nH]c(C4CC4)nc23)c(N2CCC3(CC2)CC3)c1. The molecule has 0 unspecified atom stereocenters. The maximum atomic E-state index is 13.9. The van der Waals surface area contributed by atoms with Gasteiger partial charge in [0.15, 0.2) is 0 Å². The summed E-state index contributed by atoms with van der Waals surface area (Å²) < 4.78 is 29.1. The number of anilines is 3. The van der Waals surface area contributed by atoms with E-state index in [4.69, 9.17) is 4.98 Å². The Morgan fingerprint density at radius 3 is 2.58 bits per heavy atom. The first-order valence-electron chi connectivity index (χ1n) is 14.0. The second kappa shape index (κ2) is 9.36. The fraction of sp³-hybridized carbons (Fsp3) is 0.414. The number of carbonyl (C=O) groups is 1. The first-order chi connectivity index (χ1) is 19.3. The van der Waals surface area contributed by atoms with E-state index in [-0.39, 0.29) is 11.7 Å². The van der Waals surface area contributed by atoms with Crippen molar-refractivity contribution in [2.75, 3.05) is 33.8 Å². The average molecular weight is 560 g/mol. The minimum Gasteiger partial charge on any atom is -0.371 e. The molecule has 4 aromatic rings. The maximum absolute atomic E-state index is 13.9. The Labute approximate surface area is 233 Å². The van der Waals surface area contributed by atoms with Crippen molar-refractivity contribution < 1.29 is 13.2 Å². The van der Waals surface area contributed by atoms with E-state index in [1.807, 2.05) is 22.9 Å². The molecule has 2 aliphatic carbocycles. The van der Waals surface area contributed by atoms with Crippen molar-refractivity contribution in [3.63, 3.8) is 0 Å². The highest BCUT2D eigenvalue weighted by Gasteiger charge is 2.44. The van der Waals surface area contributed by atoms with Gasteiger partial charge in [0.2, 0.25) is 10.0 Å². The molecule has 3 fully saturated rings. The van der Waals surface area contributed by atoms with Crippen molar-refractivity contribution in [2.45, 2.75) is 51.4 Å². The summed E-state index contributed by atoms with van der Waals surface area (Å²) in [6.45, 7) is 3.30. The fourth-order valence-corrected chi connectivity index (χ4v) is 6.38. The number of hydrogen-bond donors (Lipinski definition) is 3. The van der Waals surface area contributed by atoms with Crippen molar-refractivity contribution in [2.24, 2.45) is 5.41 Å². The summed E-state index contributed by atoms with van der Waals surface area (Å²) in [6.07, 6.45) is 12.3. The van der Waals surface area contributed by atoms with E-state index < -0.39 is 10.0 Å². The smallest absolute Gasteiger partial charge is 0.257 e. The zero-order chi connectivity index (χ0) is 27.5. The molecule has 11 heteroatoms. The first kappa shape index (κ1) is 25.1. The lowest BCUT2D eigenvalue weighted by Gasteiger charge is -2.35. The van der Waals surface area contributed by atoms with Gasteiger partial charge in [-0.2, -0.15) is 0 Å². The number of rotatable bonds is 8. The number of nitrogens with zero attached hydrogens (tertiary/aromatic N) is 4. The van der Waals surface area contributed by atoms with Gasteiger partial charge in [0.25, 0.3) is 5.91 Å². The summed E-state index contributed by atoms with van der Waals surface area (Å²) in [5.41, 5.74) is 5.31. The molecule has 208 valence electrons. The minimum absolute atomic E-state index is 0.0195. The summed E-state index contributed by atoms with van der Waals surface area (Å²) in [5, 5.41) is 3.12. The van der Waals surface area contributed by atoms with E-state index in [0.717, 1.165) is 61.5 Å². The lowest BCUT2D eigenvalue weighted by Crippen LogP contribution is -2.35. The molecule has 1 amide bonds. The molecule has 3 heterocycles. The van der Waals surface area contributed by atoms with E-state index >= 15 is 0 Å². The summed E-state index contributed by atoms with van der Waals surface area (Å²) in [5.74, 6) is 1.09. The number of sulfonamides is 1. The molecule has 0 atom stereocenters. The number of piperidine rings is 1. The van der Waals surface area contributed by atoms with Gasteiger partial charge in [0.1, 0.15) is 11.3 Å². The summed E-state index contributed by atoms with van der Waals surface area (Å²) in [6, 6.07) is 9.02. The molecule has 3 aliphatic rings. The van der Waals surface area contributed by atoms with E-state index in [1.165, 1.54) is 12.8 Å². The molecule has 0 bridgehead atoms. The third-order valence-corrected chi connectivity index (χ3v) is 9.96. The number of hydrogen-bond acceptors (Lipinski definition) is 6. The van der Waals surface area contributed by atoms with Gasteiger partial charge in [-0.3, -0.25) is 9.52 Å². The monoisotopic (exact) mass is 559 g/mol.